The molecular formula is C17H21N5O. The number of ether oxygens (including phenoxy) is 1. The van der Waals surface area contributed by atoms with Crippen LogP contribution in [0.3, 0.4) is 0 Å². The molecule has 1 saturated heterocycles. The molecule has 0 unspecified atom stereocenters. The van der Waals surface area contributed by atoms with Crippen LogP contribution in [0.2, 0.25) is 0 Å². The molecule has 0 aliphatic carbocycles. The Morgan fingerprint density at radius 1 is 1.39 bits per heavy atom. The minimum atomic E-state index is 0.0772. The summed E-state index contributed by atoms with van der Waals surface area (Å²) in [5.74, 6) is 0. The van der Waals surface area contributed by atoms with Crippen molar-refractivity contribution in [3.05, 3.63) is 47.9 Å². The van der Waals surface area contributed by atoms with Crippen molar-refractivity contribution in [3.63, 3.8) is 0 Å². The van der Waals surface area contributed by atoms with Gasteiger partial charge in [0.05, 0.1) is 17.9 Å². The first kappa shape index (κ1) is 14.4. The van der Waals surface area contributed by atoms with E-state index in [9.17, 15) is 0 Å². The van der Waals surface area contributed by atoms with E-state index in [-0.39, 0.29) is 6.10 Å². The molecule has 2 atom stereocenters. The van der Waals surface area contributed by atoms with Gasteiger partial charge < -0.3 is 10.1 Å². The van der Waals surface area contributed by atoms with E-state index >= 15 is 0 Å². The summed E-state index contributed by atoms with van der Waals surface area (Å²) >= 11 is 0. The van der Waals surface area contributed by atoms with Gasteiger partial charge in [-0.05, 0) is 24.5 Å². The summed E-state index contributed by atoms with van der Waals surface area (Å²) in [6, 6.07) is 6.71. The first-order chi connectivity index (χ1) is 11.3. The van der Waals surface area contributed by atoms with Gasteiger partial charge in [0.15, 0.2) is 0 Å². The maximum Gasteiger partial charge on any atom is 0.101 e. The van der Waals surface area contributed by atoms with Crippen LogP contribution in [-0.2, 0) is 18.3 Å². The number of fused-ring (bicyclic) bond motifs is 1. The van der Waals surface area contributed by atoms with Gasteiger partial charge in [0.2, 0.25) is 0 Å². The van der Waals surface area contributed by atoms with Gasteiger partial charge in [0.25, 0.3) is 0 Å². The summed E-state index contributed by atoms with van der Waals surface area (Å²) in [5, 5.41) is 16.2. The summed E-state index contributed by atoms with van der Waals surface area (Å²) in [6.07, 6.45) is 8.08. The number of aromatic nitrogens is 4. The molecule has 120 valence electrons. The number of hydrogen-bond donors (Lipinski definition) is 2. The topological polar surface area (TPSA) is 67.8 Å². The van der Waals surface area contributed by atoms with Crippen LogP contribution < -0.4 is 5.32 Å². The molecule has 0 bridgehead atoms. The van der Waals surface area contributed by atoms with Crippen molar-refractivity contribution in [2.45, 2.75) is 31.5 Å². The largest absolute Gasteiger partial charge is 0.372 e. The fourth-order valence-corrected chi connectivity index (χ4v) is 3.25. The van der Waals surface area contributed by atoms with Crippen LogP contribution in [-0.4, -0.2) is 32.6 Å². The van der Waals surface area contributed by atoms with Gasteiger partial charge in [-0.25, -0.2) is 0 Å². The molecule has 0 saturated carbocycles. The average Bonchev–Trinajstić information content (AvgIpc) is 3.21. The predicted molar refractivity (Wildman–Crippen MR) is 87.9 cm³/mol. The van der Waals surface area contributed by atoms with Gasteiger partial charge >= 0.3 is 0 Å². The van der Waals surface area contributed by atoms with Crippen molar-refractivity contribution in [2.24, 2.45) is 7.05 Å². The standard InChI is InChI=1S/C17H21N5O/c1-22-11-14(10-20-22)17-15(3-2-6-23-17)18-8-12-4-5-13-9-19-21-16(13)7-12/h4-5,7,9-11,15,17-18H,2-3,6,8H2,1H3,(H,19,21)/t15-,17+/m0/s1. The number of aryl methyl sites for hydroxylation is 1. The van der Waals surface area contributed by atoms with Crippen LogP contribution in [0.1, 0.15) is 30.1 Å². The highest BCUT2D eigenvalue weighted by atomic mass is 16.5. The molecule has 3 aromatic rings. The summed E-state index contributed by atoms with van der Waals surface area (Å²) in [6.45, 7) is 1.64. The summed E-state index contributed by atoms with van der Waals surface area (Å²) in [5.41, 5.74) is 3.47. The van der Waals surface area contributed by atoms with E-state index < -0.39 is 0 Å². The molecule has 23 heavy (non-hydrogen) atoms. The van der Waals surface area contributed by atoms with Crippen molar-refractivity contribution in [2.75, 3.05) is 6.61 Å². The van der Waals surface area contributed by atoms with E-state index in [0.717, 1.165) is 42.5 Å². The van der Waals surface area contributed by atoms with Crippen LogP contribution in [0.4, 0.5) is 0 Å². The Morgan fingerprint density at radius 3 is 3.22 bits per heavy atom. The second-order valence-corrected chi connectivity index (χ2v) is 6.16. The number of H-pyrrole nitrogens is 1. The second kappa shape index (κ2) is 6.14. The summed E-state index contributed by atoms with van der Waals surface area (Å²) < 4.78 is 7.83. The van der Waals surface area contributed by atoms with Crippen LogP contribution in [0.5, 0.6) is 0 Å². The lowest BCUT2D eigenvalue weighted by Gasteiger charge is -2.32. The third-order valence-corrected chi connectivity index (χ3v) is 4.45. The molecular weight excluding hydrogens is 290 g/mol. The first-order valence-corrected chi connectivity index (χ1v) is 8.05. The maximum atomic E-state index is 6.00. The highest BCUT2D eigenvalue weighted by Crippen LogP contribution is 2.28. The molecule has 2 aromatic heterocycles. The van der Waals surface area contributed by atoms with Crippen molar-refractivity contribution in [1.82, 2.24) is 25.3 Å². The Morgan fingerprint density at radius 2 is 2.35 bits per heavy atom. The molecule has 1 fully saturated rings. The maximum absolute atomic E-state index is 6.00. The van der Waals surface area contributed by atoms with E-state index in [2.05, 4.69) is 38.8 Å². The number of hydrogen-bond acceptors (Lipinski definition) is 4. The molecule has 6 nitrogen and oxygen atoms in total. The quantitative estimate of drug-likeness (QED) is 0.776. The van der Waals surface area contributed by atoms with E-state index in [1.807, 2.05) is 30.3 Å². The molecule has 3 heterocycles. The average molecular weight is 311 g/mol. The zero-order chi connectivity index (χ0) is 15.6. The Balaban J connectivity index is 1.47. The third kappa shape index (κ3) is 3.00. The smallest absolute Gasteiger partial charge is 0.101 e. The molecule has 1 aliphatic rings. The van der Waals surface area contributed by atoms with Gasteiger partial charge in [-0.3, -0.25) is 9.78 Å². The van der Waals surface area contributed by atoms with Gasteiger partial charge in [0.1, 0.15) is 6.10 Å². The minimum absolute atomic E-state index is 0.0772. The minimum Gasteiger partial charge on any atom is -0.372 e. The fourth-order valence-electron chi connectivity index (χ4n) is 3.25. The predicted octanol–water partition coefficient (Wildman–Crippen LogP) is 2.31. The number of benzene rings is 1. The van der Waals surface area contributed by atoms with E-state index in [1.54, 1.807) is 0 Å². The molecule has 2 N–H and O–H groups in total. The number of rotatable bonds is 4. The van der Waals surface area contributed by atoms with Crippen molar-refractivity contribution in [1.29, 1.82) is 0 Å². The summed E-state index contributed by atoms with van der Waals surface area (Å²) in [4.78, 5) is 0. The van der Waals surface area contributed by atoms with Crippen molar-refractivity contribution in [3.8, 4) is 0 Å². The molecule has 6 heteroatoms. The molecule has 0 spiro atoms. The zero-order valence-corrected chi connectivity index (χ0v) is 13.2. The summed E-state index contributed by atoms with van der Waals surface area (Å²) in [7, 11) is 1.94. The highest BCUT2D eigenvalue weighted by molar-refractivity contribution is 5.78. The molecule has 0 amide bonds. The number of aromatic amines is 1. The Bertz CT molecular complexity index is 793. The second-order valence-electron chi connectivity index (χ2n) is 6.16. The van der Waals surface area contributed by atoms with Gasteiger partial charge in [-0.15, -0.1) is 0 Å². The molecule has 4 rings (SSSR count). The Kier molecular flexibility index (Phi) is 3.85. The lowest BCUT2D eigenvalue weighted by molar-refractivity contribution is -0.0112. The van der Waals surface area contributed by atoms with Crippen molar-refractivity contribution < 1.29 is 4.74 Å². The van der Waals surface area contributed by atoms with Crippen LogP contribution >= 0.6 is 0 Å². The monoisotopic (exact) mass is 311 g/mol. The van der Waals surface area contributed by atoms with Crippen LogP contribution in [0.15, 0.2) is 36.8 Å². The van der Waals surface area contributed by atoms with Crippen molar-refractivity contribution >= 4 is 10.9 Å². The first-order valence-electron chi connectivity index (χ1n) is 8.05. The third-order valence-electron chi connectivity index (χ3n) is 4.45. The Labute approximate surface area is 134 Å². The van der Waals surface area contributed by atoms with Crippen LogP contribution in [0.25, 0.3) is 10.9 Å². The lowest BCUT2D eigenvalue weighted by Crippen LogP contribution is -2.39. The normalized spacial score (nSPS) is 21.8. The Hall–Kier alpha value is -2.18. The lowest BCUT2D eigenvalue weighted by atomic mass is 9.98. The number of nitrogens with one attached hydrogen (secondary N) is 2. The van der Waals surface area contributed by atoms with Gasteiger partial charge in [0, 0.05) is 43.4 Å². The highest BCUT2D eigenvalue weighted by Gasteiger charge is 2.28. The van der Waals surface area contributed by atoms with Gasteiger partial charge in [-0.2, -0.15) is 10.2 Å². The van der Waals surface area contributed by atoms with Gasteiger partial charge in [-0.1, -0.05) is 12.1 Å². The molecule has 1 aliphatic heterocycles. The van der Waals surface area contributed by atoms with Crippen LogP contribution in [0, 0.1) is 0 Å². The zero-order valence-electron chi connectivity index (χ0n) is 13.2. The van der Waals surface area contributed by atoms with E-state index in [0.29, 0.717) is 6.04 Å². The number of nitrogens with zero attached hydrogens (tertiary/aromatic N) is 3. The SMILES string of the molecule is Cn1cc([C@H]2OCCC[C@@H]2NCc2ccc3cn[nH]c3c2)cn1. The molecule has 0 radical (unpaired) electrons. The fraction of sp³-hybridized carbons (Fsp3) is 0.412. The van der Waals surface area contributed by atoms with E-state index in [4.69, 9.17) is 4.74 Å². The van der Waals surface area contributed by atoms with E-state index in [1.165, 1.54) is 5.56 Å². The molecule has 1 aromatic carbocycles.